The Hall–Kier alpha value is -3.91. The highest BCUT2D eigenvalue weighted by Crippen LogP contribution is 2.42. The number of hydrogen-bond donors (Lipinski definition) is 0. The van der Waals surface area contributed by atoms with Gasteiger partial charge >= 0.3 is 0 Å². The van der Waals surface area contributed by atoms with E-state index in [0.29, 0.717) is 43.1 Å². The summed E-state index contributed by atoms with van der Waals surface area (Å²) in [7, 11) is 0. The second-order valence-corrected chi connectivity index (χ2v) is 10.2. The molecule has 5 rings (SSSR count). The monoisotopic (exact) mass is 519 g/mol. The number of carbonyl (C=O) groups is 2. The van der Waals surface area contributed by atoms with Crippen LogP contribution in [0, 0.1) is 22.5 Å². The molecule has 2 aliphatic heterocycles. The van der Waals surface area contributed by atoms with Crippen LogP contribution in [0.2, 0.25) is 5.02 Å². The number of benzene rings is 3. The Kier molecular flexibility index (Phi) is 6.60. The van der Waals surface area contributed by atoms with Crippen molar-refractivity contribution in [3.63, 3.8) is 0 Å². The van der Waals surface area contributed by atoms with Crippen molar-refractivity contribution in [3.05, 3.63) is 98.6 Å². The van der Waals surface area contributed by atoms with Crippen molar-refractivity contribution in [1.29, 1.82) is 0 Å². The van der Waals surface area contributed by atoms with Gasteiger partial charge in [-0.15, -0.1) is 0 Å². The number of likely N-dealkylation sites (tertiary alicyclic amines) is 2. The summed E-state index contributed by atoms with van der Waals surface area (Å²) >= 11 is 6.04. The minimum Gasteiger partial charge on any atom is -0.457 e. The van der Waals surface area contributed by atoms with Crippen LogP contribution in [0.5, 0.6) is 11.5 Å². The van der Waals surface area contributed by atoms with Crippen molar-refractivity contribution in [2.75, 3.05) is 26.2 Å². The van der Waals surface area contributed by atoms with Gasteiger partial charge in [0.25, 0.3) is 17.5 Å². The number of ether oxygens (including phenoxy) is 1. The molecule has 0 radical (unpaired) electrons. The molecule has 0 saturated carbocycles. The number of para-hydroxylation sites is 1. The number of amides is 2. The van der Waals surface area contributed by atoms with Crippen molar-refractivity contribution < 1.29 is 19.2 Å². The molecule has 2 aliphatic rings. The molecule has 2 amide bonds. The zero-order chi connectivity index (χ0) is 26.2. The van der Waals surface area contributed by atoms with Gasteiger partial charge in [0.2, 0.25) is 0 Å². The molecule has 9 heteroatoms. The predicted octanol–water partition coefficient (Wildman–Crippen LogP) is 5.73. The first-order valence-corrected chi connectivity index (χ1v) is 12.5. The van der Waals surface area contributed by atoms with Gasteiger partial charge in [-0.25, -0.2) is 0 Å². The van der Waals surface area contributed by atoms with Crippen LogP contribution in [-0.2, 0) is 0 Å². The first kappa shape index (κ1) is 24.8. The summed E-state index contributed by atoms with van der Waals surface area (Å²) in [6, 6.07) is 19.4. The molecule has 190 valence electrons. The summed E-state index contributed by atoms with van der Waals surface area (Å²) in [6.45, 7) is 3.94. The molecule has 37 heavy (non-hydrogen) atoms. The summed E-state index contributed by atoms with van der Waals surface area (Å²) in [5.74, 6) is 1.14. The maximum atomic E-state index is 13.1. The maximum absolute atomic E-state index is 13.1. The zero-order valence-electron chi connectivity index (χ0n) is 20.4. The van der Waals surface area contributed by atoms with Crippen LogP contribution in [-0.4, -0.2) is 52.7 Å². The average molecular weight is 520 g/mol. The highest BCUT2D eigenvalue weighted by Gasteiger charge is 2.47. The van der Waals surface area contributed by atoms with Crippen molar-refractivity contribution >= 4 is 29.1 Å². The fourth-order valence-corrected chi connectivity index (χ4v) is 5.34. The summed E-state index contributed by atoms with van der Waals surface area (Å²) < 4.78 is 5.80. The van der Waals surface area contributed by atoms with Crippen LogP contribution < -0.4 is 4.74 Å². The smallest absolute Gasteiger partial charge is 0.274 e. The van der Waals surface area contributed by atoms with E-state index in [1.807, 2.05) is 35.2 Å². The van der Waals surface area contributed by atoms with E-state index in [-0.39, 0.29) is 33.5 Å². The van der Waals surface area contributed by atoms with Gasteiger partial charge in [-0.2, -0.15) is 0 Å². The highest BCUT2D eigenvalue weighted by molar-refractivity contribution is 6.31. The van der Waals surface area contributed by atoms with Crippen LogP contribution >= 0.6 is 11.6 Å². The molecule has 1 spiro atoms. The zero-order valence-corrected chi connectivity index (χ0v) is 21.1. The van der Waals surface area contributed by atoms with Gasteiger partial charge in [-0.05, 0) is 62.2 Å². The lowest BCUT2D eigenvalue weighted by molar-refractivity contribution is -0.385. The summed E-state index contributed by atoms with van der Waals surface area (Å²) in [4.78, 5) is 40.5. The third kappa shape index (κ3) is 5.02. The lowest BCUT2D eigenvalue weighted by Crippen LogP contribution is -2.62. The molecule has 2 fully saturated rings. The van der Waals surface area contributed by atoms with Crippen molar-refractivity contribution in [2.24, 2.45) is 5.41 Å². The van der Waals surface area contributed by atoms with Gasteiger partial charge in [-0.3, -0.25) is 19.7 Å². The maximum Gasteiger partial charge on any atom is 0.274 e. The fraction of sp³-hybridized carbons (Fsp3) is 0.286. The molecule has 0 unspecified atom stereocenters. The van der Waals surface area contributed by atoms with E-state index < -0.39 is 4.92 Å². The lowest BCUT2D eigenvalue weighted by Gasteiger charge is -2.54. The van der Waals surface area contributed by atoms with Crippen LogP contribution in [0.4, 0.5) is 5.69 Å². The minimum atomic E-state index is -0.522. The van der Waals surface area contributed by atoms with Crippen LogP contribution in [0.25, 0.3) is 0 Å². The van der Waals surface area contributed by atoms with Gasteiger partial charge in [0, 0.05) is 53.8 Å². The Balaban J connectivity index is 1.16. The van der Waals surface area contributed by atoms with Crippen LogP contribution in [0.1, 0.15) is 39.1 Å². The highest BCUT2D eigenvalue weighted by atomic mass is 35.5. The second kappa shape index (κ2) is 9.86. The van der Waals surface area contributed by atoms with E-state index in [9.17, 15) is 19.7 Å². The molecule has 0 atom stereocenters. The largest absolute Gasteiger partial charge is 0.457 e. The number of nitro benzene ring substituents is 1. The summed E-state index contributed by atoms with van der Waals surface area (Å²) in [5, 5.41) is 11.5. The molecule has 0 bridgehead atoms. The SMILES string of the molecule is Cc1c(C(=O)N2CC3(CCN(C(=O)c4ccc(Oc5ccccc5)cc4)CC3)C2)cc(Cl)cc1[N+](=O)[O-]. The van der Waals surface area contributed by atoms with E-state index in [1.165, 1.54) is 12.1 Å². The van der Waals surface area contributed by atoms with Gasteiger partial charge in [0.05, 0.1) is 10.5 Å². The number of carbonyl (C=O) groups excluding carboxylic acids is 2. The predicted molar refractivity (Wildman–Crippen MR) is 139 cm³/mol. The van der Waals surface area contributed by atoms with Crippen molar-refractivity contribution in [2.45, 2.75) is 19.8 Å². The molecular weight excluding hydrogens is 494 g/mol. The molecule has 0 aliphatic carbocycles. The first-order valence-electron chi connectivity index (χ1n) is 12.1. The molecule has 3 aromatic carbocycles. The quantitative estimate of drug-likeness (QED) is 0.317. The van der Waals surface area contributed by atoms with Gasteiger partial charge < -0.3 is 14.5 Å². The number of nitrogens with zero attached hydrogens (tertiary/aromatic N) is 3. The number of rotatable bonds is 5. The minimum absolute atomic E-state index is 0.0183. The van der Waals surface area contributed by atoms with Gasteiger partial charge in [0.1, 0.15) is 11.5 Å². The number of halogens is 1. The fourth-order valence-electron chi connectivity index (χ4n) is 5.13. The Morgan fingerprint density at radius 3 is 2.16 bits per heavy atom. The normalized spacial score (nSPS) is 16.3. The Morgan fingerprint density at radius 2 is 1.54 bits per heavy atom. The average Bonchev–Trinajstić information content (AvgIpc) is 2.88. The third-order valence-corrected chi connectivity index (χ3v) is 7.52. The van der Waals surface area contributed by atoms with E-state index in [0.717, 1.165) is 18.6 Å². The van der Waals surface area contributed by atoms with E-state index in [4.69, 9.17) is 16.3 Å². The molecule has 8 nitrogen and oxygen atoms in total. The lowest BCUT2D eigenvalue weighted by atomic mass is 9.71. The van der Waals surface area contributed by atoms with Gasteiger partial charge in [0.15, 0.2) is 0 Å². The standard InChI is InChI=1S/C28H26ClN3O5/c1-19-24(15-21(29)16-25(19)32(35)36)27(34)31-17-28(18-31)11-13-30(14-12-28)26(33)20-7-9-23(10-8-20)37-22-5-3-2-4-6-22/h2-10,15-16H,11-14,17-18H2,1H3. The topological polar surface area (TPSA) is 93.0 Å². The summed E-state index contributed by atoms with van der Waals surface area (Å²) in [5.41, 5.74) is 1.01. The Morgan fingerprint density at radius 1 is 0.919 bits per heavy atom. The molecule has 0 N–H and O–H groups in total. The summed E-state index contributed by atoms with van der Waals surface area (Å²) in [6.07, 6.45) is 1.60. The molecular formula is C28H26ClN3O5. The van der Waals surface area contributed by atoms with Crippen molar-refractivity contribution in [3.8, 4) is 11.5 Å². The number of hydrogen-bond acceptors (Lipinski definition) is 5. The first-order chi connectivity index (χ1) is 17.7. The molecule has 0 aromatic heterocycles. The van der Waals surface area contributed by atoms with Crippen LogP contribution in [0.3, 0.4) is 0 Å². The molecule has 2 saturated heterocycles. The second-order valence-electron chi connectivity index (χ2n) is 9.75. The van der Waals surface area contributed by atoms with E-state index in [1.54, 1.807) is 36.1 Å². The Labute approximate surface area is 219 Å². The van der Waals surface area contributed by atoms with Crippen molar-refractivity contribution in [1.82, 2.24) is 9.80 Å². The van der Waals surface area contributed by atoms with Gasteiger partial charge in [-0.1, -0.05) is 29.8 Å². The van der Waals surface area contributed by atoms with E-state index >= 15 is 0 Å². The Bertz CT molecular complexity index is 1340. The third-order valence-electron chi connectivity index (χ3n) is 7.30. The number of nitro groups is 1. The molecule has 3 aromatic rings. The van der Waals surface area contributed by atoms with E-state index in [2.05, 4.69) is 0 Å². The molecule has 2 heterocycles. The van der Waals surface area contributed by atoms with Crippen LogP contribution in [0.15, 0.2) is 66.7 Å². The number of piperidine rings is 1.